The number of nitrogens with zero attached hydrogens (tertiary/aromatic N) is 1. The van der Waals surface area contributed by atoms with Crippen molar-refractivity contribution in [3.05, 3.63) is 0 Å². The minimum Gasteiger partial charge on any atom is -0.342 e. The molecule has 2 fully saturated rings. The Bertz CT molecular complexity index is 460. The molecule has 1 aliphatic carbocycles. The van der Waals surface area contributed by atoms with E-state index < -0.39 is 9.84 Å². The first kappa shape index (κ1) is 17.7. The van der Waals surface area contributed by atoms with Gasteiger partial charge in [-0.3, -0.25) is 4.79 Å². The highest BCUT2D eigenvalue weighted by atomic mass is 35.5. The lowest BCUT2D eigenvalue weighted by atomic mass is 9.91. The maximum Gasteiger partial charge on any atom is 0.226 e. The van der Waals surface area contributed by atoms with Crippen LogP contribution in [0.15, 0.2) is 0 Å². The Morgan fingerprint density at radius 2 is 1.95 bits per heavy atom. The molecule has 1 heterocycles. The Labute approximate surface area is 127 Å². The third-order valence-electron chi connectivity index (χ3n) is 4.64. The van der Waals surface area contributed by atoms with Gasteiger partial charge in [0.1, 0.15) is 9.84 Å². The van der Waals surface area contributed by atoms with Gasteiger partial charge in [0.15, 0.2) is 0 Å². The van der Waals surface area contributed by atoms with Gasteiger partial charge < -0.3 is 10.2 Å². The summed E-state index contributed by atoms with van der Waals surface area (Å²) in [4.78, 5) is 14.0. The maximum atomic E-state index is 12.4. The number of rotatable bonds is 4. The third-order valence-corrected chi connectivity index (χ3v) is 5.73. The molecular weight excluding hydrogens is 300 g/mol. The fraction of sp³-hybridized carbons (Fsp3) is 0.923. The van der Waals surface area contributed by atoms with E-state index in [0.717, 1.165) is 32.4 Å². The molecule has 1 aliphatic heterocycles. The fourth-order valence-corrected chi connectivity index (χ4v) is 4.29. The monoisotopic (exact) mass is 324 g/mol. The number of amides is 1. The summed E-state index contributed by atoms with van der Waals surface area (Å²) < 4.78 is 22.6. The van der Waals surface area contributed by atoms with Crippen molar-refractivity contribution in [3.63, 3.8) is 0 Å². The van der Waals surface area contributed by atoms with Crippen LogP contribution in [0.1, 0.15) is 26.2 Å². The number of hydrogen-bond donors (Lipinski definition) is 1. The molecule has 2 aliphatic rings. The summed E-state index contributed by atoms with van der Waals surface area (Å²) in [7, 11) is -1.32. The second kappa shape index (κ2) is 6.20. The highest BCUT2D eigenvalue weighted by Gasteiger charge is 2.58. The molecule has 0 radical (unpaired) electrons. The van der Waals surface area contributed by atoms with Gasteiger partial charge in [0.05, 0.1) is 5.75 Å². The second-order valence-electron chi connectivity index (χ2n) is 6.26. The zero-order valence-corrected chi connectivity index (χ0v) is 14.0. The molecule has 1 saturated carbocycles. The molecule has 0 aromatic rings. The summed E-state index contributed by atoms with van der Waals surface area (Å²) in [6, 6.07) is -0.248. The molecule has 20 heavy (non-hydrogen) atoms. The highest BCUT2D eigenvalue weighted by Crippen LogP contribution is 2.59. The van der Waals surface area contributed by atoms with Crippen LogP contribution in [0.5, 0.6) is 0 Å². The van der Waals surface area contributed by atoms with Gasteiger partial charge in [-0.25, -0.2) is 8.42 Å². The molecular formula is C13H25ClN2O3S. The predicted molar refractivity (Wildman–Crippen MR) is 81.8 cm³/mol. The van der Waals surface area contributed by atoms with Crippen LogP contribution < -0.4 is 5.32 Å². The molecule has 1 spiro atoms. The normalized spacial score (nSPS) is 25.6. The minimum atomic E-state index is -3.04. The zero-order chi connectivity index (χ0) is 14.3. The Hall–Kier alpha value is -0.330. The zero-order valence-electron chi connectivity index (χ0n) is 12.4. The molecule has 2 rings (SSSR count). The lowest BCUT2D eigenvalue weighted by Gasteiger charge is -2.28. The number of piperidine rings is 1. The van der Waals surface area contributed by atoms with Crippen molar-refractivity contribution in [2.24, 2.45) is 11.3 Å². The molecule has 2 unspecified atom stereocenters. The largest absolute Gasteiger partial charge is 0.342 e. The van der Waals surface area contributed by atoms with Crippen LogP contribution in [0.2, 0.25) is 0 Å². The maximum absolute atomic E-state index is 12.4. The van der Waals surface area contributed by atoms with E-state index in [1.807, 2.05) is 0 Å². The van der Waals surface area contributed by atoms with Crippen molar-refractivity contribution in [1.29, 1.82) is 0 Å². The Morgan fingerprint density at radius 3 is 2.45 bits per heavy atom. The molecule has 2 atom stereocenters. The first-order valence-corrected chi connectivity index (χ1v) is 8.96. The Kier molecular flexibility index (Phi) is 5.49. The number of nitrogens with one attached hydrogen (secondary N) is 1. The van der Waals surface area contributed by atoms with E-state index in [1.165, 1.54) is 6.26 Å². The molecule has 0 bridgehead atoms. The van der Waals surface area contributed by atoms with Crippen LogP contribution in [0.3, 0.4) is 0 Å². The van der Waals surface area contributed by atoms with Gasteiger partial charge in [0, 0.05) is 25.3 Å². The van der Waals surface area contributed by atoms with Gasteiger partial charge in [0.25, 0.3) is 0 Å². The average Bonchev–Trinajstić information content (AvgIpc) is 2.99. The summed E-state index contributed by atoms with van der Waals surface area (Å²) in [5, 5.41) is 3.32. The van der Waals surface area contributed by atoms with Crippen molar-refractivity contribution in [3.8, 4) is 0 Å². The van der Waals surface area contributed by atoms with Gasteiger partial charge in [0.2, 0.25) is 5.91 Å². The number of carbonyl (C=O) groups excluding carboxylic acids is 1. The number of carbonyl (C=O) groups is 1. The van der Waals surface area contributed by atoms with Crippen LogP contribution in [-0.4, -0.2) is 57.4 Å². The molecule has 7 heteroatoms. The summed E-state index contributed by atoms with van der Waals surface area (Å²) in [5.74, 6) is 0.274. The lowest BCUT2D eigenvalue weighted by Crippen LogP contribution is -2.41. The van der Waals surface area contributed by atoms with Crippen molar-refractivity contribution < 1.29 is 13.2 Å². The quantitative estimate of drug-likeness (QED) is 0.826. The van der Waals surface area contributed by atoms with E-state index in [0.29, 0.717) is 0 Å². The van der Waals surface area contributed by atoms with Gasteiger partial charge in [-0.05, 0) is 44.7 Å². The van der Waals surface area contributed by atoms with Gasteiger partial charge >= 0.3 is 0 Å². The molecule has 1 amide bonds. The number of sulfone groups is 1. The van der Waals surface area contributed by atoms with E-state index in [2.05, 4.69) is 5.32 Å². The van der Waals surface area contributed by atoms with Gasteiger partial charge in [-0.1, -0.05) is 0 Å². The van der Waals surface area contributed by atoms with E-state index in [4.69, 9.17) is 0 Å². The second-order valence-corrected chi connectivity index (χ2v) is 8.44. The topological polar surface area (TPSA) is 66.5 Å². The first-order chi connectivity index (χ1) is 8.75. The molecule has 0 aromatic carbocycles. The summed E-state index contributed by atoms with van der Waals surface area (Å²) in [6.07, 6.45) is 4.33. The SMILES string of the molecule is CC(CS(C)(=O)=O)N(C)C(=O)C1CC12CCNCC2.Cl. The average molecular weight is 325 g/mol. The standard InChI is InChI=1S/C13H24N2O3S.ClH/c1-10(9-19(3,17)18)15(2)12(16)11-8-13(11)4-6-14-7-5-13;/h10-11,14H,4-9H2,1-3H3;1H. The van der Waals surface area contributed by atoms with Crippen LogP contribution in [0.4, 0.5) is 0 Å². The summed E-state index contributed by atoms with van der Waals surface area (Å²) in [6.45, 7) is 3.79. The van der Waals surface area contributed by atoms with Gasteiger partial charge in [-0.15, -0.1) is 12.4 Å². The number of halogens is 1. The van der Waals surface area contributed by atoms with E-state index in [9.17, 15) is 13.2 Å². The van der Waals surface area contributed by atoms with Crippen LogP contribution in [0.25, 0.3) is 0 Å². The van der Waals surface area contributed by atoms with Crippen LogP contribution >= 0.6 is 12.4 Å². The van der Waals surface area contributed by atoms with Crippen molar-refractivity contribution >= 4 is 28.2 Å². The van der Waals surface area contributed by atoms with Crippen molar-refractivity contribution in [2.45, 2.75) is 32.2 Å². The molecule has 1 N–H and O–H groups in total. The smallest absolute Gasteiger partial charge is 0.226 e. The minimum absolute atomic E-state index is 0. The number of hydrogen-bond acceptors (Lipinski definition) is 4. The van der Waals surface area contributed by atoms with E-state index in [-0.39, 0.29) is 41.4 Å². The molecule has 1 saturated heterocycles. The molecule has 0 aromatic heterocycles. The summed E-state index contributed by atoms with van der Waals surface area (Å²) >= 11 is 0. The van der Waals surface area contributed by atoms with Crippen LogP contribution in [-0.2, 0) is 14.6 Å². The Morgan fingerprint density at radius 1 is 1.40 bits per heavy atom. The third kappa shape index (κ3) is 3.86. The lowest BCUT2D eigenvalue weighted by molar-refractivity contribution is -0.133. The van der Waals surface area contributed by atoms with Crippen LogP contribution in [0, 0.1) is 11.3 Å². The predicted octanol–water partition coefficient (Wildman–Crippen LogP) is 0.689. The van der Waals surface area contributed by atoms with Crippen molar-refractivity contribution in [1.82, 2.24) is 10.2 Å². The van der Waals surface area contributed by atoms with Crippen molar-refractivity contribution in [2.75, 3.05) is 32.1 Å². The van der Waals surface area contributed by atoms with Gasteiger partial charge in [-0.2, -0.15) is 0 Å². The Balaban J connectivity index is 0.00000200. The molecule has 5 nitrogen and oxygen atoms in total. The molecule has 118 valence electrons. The fourth-order valence-electron chi connectivity index (χ4n) is 3.19. The highest BCUT2D eigenvalue weighted by molar-refractivity contribution is 7.90. The van der Waals surface area contributed by atoms with E-state index in [1.54, 1.807) is 18.9 Å². The van der Waals surface area contributed by atoms with E-state index >= 15 is 0 Å². The first-order valence-electron chi connectivity index (χ1n) is 6.90. The summed E-state index contributed by atoms with van der Waals surface area (Å²) in [5.41, 5.74) is 0.210.